The van der Waals surface area contributed by atoms with Gasteiger partial charge >= 0.3 is 0 Å². The molecule has 0 unspecified atom stereocenters. The van der Waals surface area contributed by atoms with E-state index < -0.39 is 0 Å². The highest BCUT2D eigenvalue weighted by molar-refractivity contribution is 7.16. The molecule has 0 saturated carbocycles. The van der Waals surface area contributed by atoms with Crippen molar-refractivity contribution in [3.05, 3.63) is 44.6 Å². The Kier molecular flexibility index (Phi) is 4.32. The summed E-state index contributed by atoms with van der Waals surface area (Å²) in [6.45, 7) is 6.79. The maximum Gasteiger partial charge on any atom is 0.293 e. The van der Waals surface area contributed by atoms with Gasteiger partial charge in [0.2, 0.25) is 5.82 Å². The number of halogens is 1. The molecular formula is C15H16ClN5OS. The van der Waals surface area contributed by atoms with E-state index in [9.17, 15) is 4.79 Å². The Hall–Kier alpha value is -1.99. The second-order valence-electron chi connectivity index (χ2n) is 5.21. The maximum atomic E-state index is 12.7. The van der Waals surface area contributed by atoms with Gasteiger partial charge in [-0.1, -0.05) is 11.6 Å². The molecular weight excluding hydrogens is 334 g/mol. The van der Waals surface area contributed by atoms with Crippen LogP contribution in [0, 0.1) is 13.8 Å². The van der Waals surface area contributed by atoms with Crippen LogP contribution in [0.25, 0.3) is 5.78 Å². The number of rotatable bonds is 4. The minimum absolute atomic E-state index is 0.163. The highest BCUT2D eigenvalue weighted by Gasteiger charge is 2.21. The summed E-state index contributed by atoms with van der Waals surface area (Å²) in [7, 11) is 0. The van der Waals surface area contributed by atoms with Crippen molar-refractivity contribution in [1.29, 1.82) is 0 Å². The number of nitrogens with zero attached hydrogens (tertiary/aromatic N) is 5. The number of aromatic nitrogens is 4. The number of fused-ring (bicyclic) bond motifs is 1. The van der Waals surface area contributed by atoms with Gasteiger partial charge in [0.1, 0.15) is 0 Å². The van der Waals surface area contributed by atoms with Crippen LogP contribution in [0.15, 0.2) is 18.2 Å². The fourth-order valence-corrected chi connectivity index (χ4v) is 3.45. The van der Waals surface area contributed by atoms with E-state index in [0.717, 1.165) is 16.3 Å². The zero-order valence-electron chi connectivity index (χ0n) is 13.1. The third-order valence-corrected chi connectivity index (χ3v) is 4.67. The van der Waals surface area contributed by atoms with Crippen molar-refractivity contribution in [3.8, 4) is 0 Å². The van der Waals surface area contributed by atoms with Gasteiger partial charge in [-0.2, -0.15) is 4.98 Å². The topological polar surface area (TPSA) is 63.4 Å². The number of aryl methyl sites for hydroxylation is 2. The summed E-state index contributed by atoms with van der Waals surface area (Å²) in [5.41, 5.74) is 1.74. The van der Waals surface area contributed by atoms with Gasteiger partial charge < -0.3 is 4.90 Å². The van der Waals surface area contributed by atoms with Crippen molar-refractivity contribution >= 4 is 34.6 Å². The summed E-state index contributed by atoms with van der Waals surface area (Å²) in [6, 6.07) is 5.66. The van der Waals surface area contributed by atoms with Crippen LogP contribution in [0.1, 0.15) is 33.8 Å². The maximum absolute atomic E-state index is 12.7. The molecule has 0 aromatic carbocycles. The summed E-state index contributed by atoms with van der Waals surface area (Å²) < 4.78 is 2.31. The molecule has 3 heterocycles. The van der Waals surface area contributed by atoms with Gasteiger partial charge in [0.15, 0.2) is 0 Å². The first-order chi connectivity index (χ1) is 11.0. The molecule has 3 aromatic rings. The largest absolute Gasteiger partial charge is 0.331 e. The van der Waals surface area contributed by atoms with Crippen LogP contribution in [0.5, 0.6) is 0 Å². The van der Waals surface area contributed by atoms with Gasteiger partial charge in [-0.15, -0.1) is 16.4 Å². The van der Waals surface area contributed by atoms with Crippen LogP contribution in [-0.2, 0) is 6.54 Å². The third-order valence-electron chi connectivity index (χ3n) is 3.45. The van der Waals surface area contributed by atoms with Crippen molar-refractivity contribution in [3.63, 3.8) is 0 Å². The lowest BCUT2D eigenvalue weighted by Crippen LogP contribution is -2.30. The highest BCUT2D eigenvalue weighted by Crippen LogP contribution is 2.23. The van der Waals surface area contributed by atoms with Crippen molar-refractivity contribution in [2.45, 2.75) is 27.3 Å². The van der Waals surface area contributed by atoms with Gasteiger partial charge in [0.25, 0.3) is 11.7 Å². The molecule has 0 saturated heterocycles. The minimum atomic E-state index is -0.209. The second-order valence-corrected chi connectivity index (χ2v) is 7.01. The summed E-state index contributed by atoms with van der Waals surface area (Å²) in [5, 5.41) is 4.30. The second kappa shape index (κ2) is 6.25. The van der Waals surface area contributed by atoms with Crippen LogP contribution in [0.4, 0.5) is 0 Å². The van der Waals surface area contributed by atoms with E-state index in [1.165, 1.54) is 11.3 Å². The Morgan fingerprint density at radius 2 is 2.13 bits per heavy atom. The lowest BCUT2D eigenvalue weighted by Gasteiger charge is -2.18. The molecule has 1 amide bonds. The van der Waals surface area contributed by atoms with Crippen LogP contribution in [0.2, 0.25) is 4.34 Å². The van der Waals surface area contributed by atoms with Crippen molar-refractivity contribution < 1.29 is 4.79 Å². The Labute approximate surface area is 142 Å². The van der Waals surface area contributed by atoms with Gasteiger partial charge in [0, 0.05) is 22.8 Å². The number of thiophene rings is 1. The lowest BCUT2D eigenvalue weighted by atomic mass is 10.4. The first kappa shape index (κ1) is 15.9. The molecule has 0 fully saturated rings. The Balaban J connectivity index is 1.90. The summed E-state index contributed by atoms with van der Waals surface area (Å²) in [4.78, 5) is 24.0. The third kappa shape index (κ3) is 3.20. The van der Waals surface area contributed by atoms with E-state index in [1.807, 2.05) is 39.0 Å². The van der Waals surface area contributed by atoms with Crippen molar-refractivity contribution in [1.82, 2.24) is 24.5 Å². The molecule has 0 N–H and O–H groups in total. The number of carbonyl (C=O) groups excluding carboxylic acids is 1. The Bertz CT molecular complexity index is 872. The van der Waals surface area contributed by atoms with Gasteiger partial charge in [-0.3, -0.25) is 4.79 Å². The van der Waals surface area contributed by atoms with Crippen molar-refractivity contribution in [2.75, 3.05) is 6.54 Å². The average molecular weight is 350 g/mol. The summed E-state index contributed by atoms with van der Waals surface area (Å²) >= 11 is 7.41. The van der Waals surface area contributed by atoms with Crippen molar-refractivity contribution in [2.24, 2.45) is 0 Å². The Morgan fingerprint density at radius 3 is 2.78 bits per heavy atom. The molecule has 0 radical (unpaired) electrons. The quantitative estimate of drug-likeness (QED) is 0.726. The first-order valence-corrected chi connectivity index (χ1v) is 8.42. The van der Waals surface area contributed by atoms with E-state index >= 15 is 0 Å². The molecule has 0 spiro atoms. The molecule has 0 atom stereocenters. The number of amides is 1. The van der Waals surface area contributed by atoms with Gasteiger partial charge in [0.05, 0.1) is 10.9 Å². The molecule has 0 aliphatic carbocycles. The zero-order valence-corrected chi connectivity index (χ0v) is 14.6. The van der Waals surface area contributed by atoms with Crippen LogP contribution < -0.4 is 0 Å². The fraction of sp³-hybridized carbons (Fsp3) is 0.333. The SMILES string of the molecule is CCN(Cc1ccc(Cl)s1)C(=O)c1nc2nc(C)cc(C)n2n1. The van der Waals surface area contributed by atoms with E-state index in [-0.39, 0.29) is 11.7 Å². The minimum Gasteiger partial charge on any atom is -0.331 e. The van der Waals surface area contributed by atoms with Crippen LogP contribution in [-0.4, -0.2) is 36.9 Å². The molecule has 0 bridgehead atoms. The lowest BCUT2D eigenvalue weighted by molar-refractivity contribution is 0.0742. The summed E-state index contributed by atoms with van der Waals surface area (Å²) in [5.74, 6) is 0.399. The average Bonchev–Trinajstić information content (AvgIpc) is 3.10. The number of hydrogen-bond donors (Lipinski definition) is 0. The van der Waals surface area contributed by atoms with Gasteiger partial charge in [-0.25, -0.2) is 9.50 Å². The van der Waals surface area contributed by atoms with E-state index in [2.05, 4.69) is 15.1 Å². The molecule has 6 nitrogen and oxygen atoms in total. The molecule has 8 heteroatoms. The molecule has 0 aliphatic rings. The molecule has 0 aliphatic heterocycles. The number of carbonyl (C=O) groups is 1. The molecule has 3 aromatic heterocycles. The van der Waals surface area contributed by atoms with E-state index in [4.69, 9.17) is 11.6 Å². The molecule has 120 valence electrons. The Morgan fingerprint density at radius 1 is 1.35 bits per heavy atom. The molecule has 23 heavy (non-hydrogen) atoms. The molecule has 3 rings (SSSR count). The predicted octanol–water partition coefficient (Wildman–Crippen LogP) is 3.12. The fourth-order valence-electron chi connectivity index (χ4n) is 2.35. The van der Waals surface area contributed by atoms with Crippen LogP contribution in [0.3, 0.4) is 0 Å². The normalized spacial score (nSPS) is 11.1. The highest BCUT2D eigenvalue weighted by atomic mass is 35.5. The monoisotopic (exact) mass is 349 g/mol. The summed E-state index contributed by atoms with van der Waals surface area (Å²) in [6.07, 6.45) is 0. The smallest absolute Gasteiger partial charge is 0.293 e. The number of hydrogen-bond acceptors (Lipinski definition) is 5. The standard InChI is InChI=1S/C15H16ClN5OS/c1-4-20(8-11-5-6-12(16)23-11)14(22)13-18-15-17-9(2)7-10(3)21(15)19-13/h5-7H,4,8H2,1-3H3. The van der Waals surface area contributed by atoms with E-state index in [0.29, 0.717) is 23.2 Å². The first-order valence-electron chi connectivity index (χ1n) is 7.22. The van der Waals surface area contributed by atoms with Crippen LogP contribution >= 0.6 is 22.9 Å². The van der Waals surface area contributed by atoms with E-state index in [1.54, 1.807) is 9.42 Å². The zero-order chi connectivity index (χ0) is 16.6. The van der Waals surface area contributed by atoms with Gasteiger partial charge in [-0.05, 0) is 39.0 Å². The predicted molar refractivity (Wildman–Crippen MR) is 90.0 cm³/mol.